The molecular formula is C10H18N4O2S. The van der Waals surface area contributed by atoms with Gasteiger partial charge in [0, 0.05) is 25.8 Å². The third kappa shape index (κ3) is 4.10. The molecule has 17 heavy (non-hydrogen) atoms. The number of aromatic nitrogens is 2. The molecule has 96 valence electrons. The molecule has 1 aromatic rings. The van der Waals surface area contributed by atoms with Crippen LogP contribution >= 0.6 is 0 Å². The molecule has 0 atom stereocenters. The molecule has 0 aliphatic heterocycles. The molecule has 0 unspecified atom stereocenters. The van der Waals surface area contributed by atoms with Gasteiger partial charge in [0.25, 0.3) is 0 Å². The van der Waals surface area contributed by atoms with Crippen LogP contribution in [-0.2, 0) is 23.6 Å². The first-order chi connectivity index (χ1) is 8.07. The van der Waals surface area contributed by atoms with Crippen LogP contribution in [-0.4, -0.2) is 36.5 Å². The molecule has 7 heteroatoms. The van der Waals surface area contributed by atoms with E-state index >= 15 is 0 Å². The Bertz CT molecular complexity index is 464. The Morgan fingerprint density at radius 1 is 1.53 bits per heavy atom. The number of nitrogens with zero attached hydrogens (tertiary/aromatic N) is 2. The van der Waals surface area contributed by atoms with Crippen LogP contribution < -0.4 is 10.0 Å². The summed E-state index contributed by atoms with van der Waals surface area (Å²) in [6, 6.07) is 2.34. The van der Waals surface area contributed by atoms with E-state index in [0.29, 0.717) is 19.1 Å². The molecule has 0 aromatic carbocycles. The standard InChI is InChI=1S/C10H18N4O2S/c1-14-10(4-5-12-14)8-13-17(15,16)7-6-11-9-2-3-9/h4-5,9,11,13H,2-3,6-8H2,1H3. The van der Waals surface area contributed by atoms with Crippen molar-refractivity contribution >= 4 is 10.0 Å². The minimum absolute atomic E-state index is 0.126. The molecule has 1 aliphatic carbocycles. The first-order valence-corrected chi connectivity index (χ1v) is 7.40. The summed E-state index contributed by atoms with van der Waals surface area (Å²) in [6.07, 6.45) is 3.99. The van der Waals surface area contributed by atoms with Gasteiger partial charge in [-0.1, -0.05) is 0 Å². The predicted octanol–water partition coefficient (Wildman–Crippen LogP) is -0.408. The summed E-state index contributed by atoms with van der Waals surface area (Å²) >= 11 is 0. The lowest BCUT2D eigenvalue weighted by Crippen LogP contribution is -2.32. The smallest absolute Gasteiger partial charge is 0.213 e. The van der Waals surface area contributed by atoms with Gasteiger partial charge in [0.2, 0.25) is 10.0 Å². The highest BCUT2D eigenvalue weighted by atomic mass is 32.2. The second kappa shape index (κ2) is 5.16. The molecule has 0 spiro atoms. The highest BCUT2D eigenvalue weighted by Crippen LogP contribution is 2.17. The van der Waals surface area contributed by atoms with Crippen LogP contribution in [0.3, 0.4) is 0 Å². The van der Waals surface area contributed by atoms with E-state index in [4.69, 9.17) is 0 Å². The fourth-order valence-electron chi connectivity index (χ4n) is 1.52. The van der Waals surface area contributed by atoms with Gasteiger partial charge in [-0.05, 0) is 18.9 Å². The van der Waals surface area contributed by atoms with E-state index in [2.05, 4.69) is 15.1 Å². The molecule has 0 radical (unpaired) electrons. The van der Waals surface area contributed by atoms with Crippen LogP contribution in [0.25, 0.3) is 0 Å². The van der Waals surface area contributed by atoms with Crippen LogP contribution in [0.2, 0.25) is 0 Å². The second-order valence-electron chi connectivity index (χ2n) is 4.31. The minimum Gasteiger partial charge on any atom is -0.313 e. The predicted molar refractivity (Wildman–Crippen MR) is 64.9 cm³/mol. The summed E-state index contributed by atoms with van der Waals surface area (Å²) in [5.41, 5.74) is 0.851. The Labute approximate surface area is 101 Å². The van der Waals surface area contributed by atoms with E-state index < -0.39 is 10.0 Å². The third-order valence-corrected chi connectivity index (χ3v) is 4.10. The second-order valence-corrected chi connectivity index (χ2v) is 6.24. The molecule has 0 saturated heterocycles. The number of nitrogens with one attached hydrogen (secondary N) is 2. The number of rotatable bonds is 7. The van der Waals surface area contributed by atoms with Gasteiger partial charge in [0.15, 0.2) is 0 Å². The van der Waals surface area contributed by atoms with Crippen molar-refractivity contribution < 1.29 is 8.42 Å². The lowest BCUT2D eigenvalue weighted by atomic mass is 10.4. The highest BCUT2D eigenvalue weighted by Gasteiger charge is 2.21. The van der Waals surface area contributed by atoms with Crippen molar-refractivity contribution in [2.45, 2.75) is 25.4 Å². The number of hydrogen-bond donors (Lipinski definition) is 2. The largest absolute Gasteiger partial charge is 0.313 e. The van der Waals surface area contributed by atoms with Crippen LogP contribution in [0.1, 0.15) is 18.5 Å². The maximum absolute atomic E-state index is 11.7. The summed E-state index contributed by atoms with van der Waals surface area (Å²) in [5, 5.41) is 7.16. The van der Waals surface area contributed by atoms with E-state index in [1.54, 1.807) is 24.0 Å². The van der Waals surface area contributed by atoms with Gasteiger partial charge in [-0.2, -0.15) is 5.10 Å². The zero-order valence-electron chi connectivity index (χ0n) is 9.89. The molecule has 0 amide bonds. The zero-order chi connectivity index (χ0) is 12.3. The highest BCUT2D eigenvalue weighted by molar-refractivity contribution is 7.89. The monoisotopic (exact) mass is 258 g/mol. The van der Waals surface area contributed by atoms with Gasteiger partial charge in [-0.3, -0.25) is 4.68 Å². The van der Waals surface area contributed by atoms with Crippen molar-refractivity contribution in [3.63, 3.8) is 0 Å². The quantitative estimate of drug-likeness (QED) is 0.697. The average molecular weight is 258 g/mol. The molecule has 1 aromatic heterocycles. The number of sulfonamides is 1. The summed E-state index contributed by atoms with van der Waals surface area (Å²) in [4.78, 5) is 0. The van der Waals surface area contributed by atoms with E-state index in [1.807, 2.05) is 0 Å². The SMILES string of the molecule is Cn1nccc1CNS(=O)(=O)CCNC1CC1. The fraction of sp³-hybridized carbons (Fsp3) is 0.700. The average Bonchev–Trinajstić information content (AvgIpc) is 2.98. The Kier molecular flexibility index (Phi) is 3.80. The van der Waals surface area contributed by atoms with Crippen LogP contribution in [0.4, 0.5) is 0 Å². The summed E-state index contributed by atoms with van der Waals surface area (Å²) in [6.45, 7) is 0.813. The van der Waals surface area contributed by atoms with Crippen molar-refractivity contribution in [2.75, 3.05) is 12.3 Å². The Balaban J connectivity index is 1.74. The van der Waals surface area contributed by atoms with Crippen molar-refractivity contribution in [2.24, 2.45) is 7.05 Å². The van der Waals surface area contributed by atoms with Gasteiger partial charge in [-0.15, -0.1) is 0 Å². The molecule has 1 fully saturated rings. The van der Waals surface area contributed by atoms with E-state index in [-0.39, 0.29) is 5.75 Å². The van der Waals surface area contributed by atoms with Crippen molar-refractivity contribution in [3.05, 3.63) is 18.0 Å². The maximum atomic E-state index is 11.7. The molecule has 1 heterocycles. The van der Waals surface area contributed by atoms with E-state index in [0.717, 1.165) is 5.69 Å². The van der Waals surface area contributed by atoms with Crippen molar-refractivity contribution in [3.8, 4) is 0 Å². The lowest BCUT2D eigenvalue weighted by Gasteiger charge is -2.07. The first-order valence-electron chi connectivity index (χ1n) is 5.74. The number of hydrogen-bond acceptors (Lipinski definition) is 4. The summed E-state index contributed by atoms with van der Waals surface area (Å²) in [5.74, 6) is 0.126. The molecule has 2 N–H and O–H groups in total. The van der Waals surface area contributed by atoms with Crippen LogP contribution in [0, 0.1) is 0 Å². The normalized spacial score (nSPS) is 16.3. The molecule has 2 rings (SSSR count). The van der Waals surface area contributed by atoms with Crippen molar-refractivity contribution in [1.82, 2.24) is 19.8 Å². The zero-order valence-corrected chi connectivity index (χ0v) is 10.7. The summed E-state index contributed by atoms with van der Waals surface area (Å²) < 4.78 is 27.5. The van der Waals surface area contributed by atoms with E-state index in [1.165, 1.54) is 12.8 Å². The molecule has 6 nitrogen and oxygen atoms in total. The van der Waals surface area contributed by atoms with Gasteiger partial charge >= 0.3 is 0 Å². The van der Waals surface area contributed by atoms with Gasteiger partial charge in [0.05, 0.1) is 18.0 Å². The van der Waals surface area contributed by atoms with Gasteiger partial charge in [-0.25, -0.2) is 13.1 Å². The Morgan fingerprint density at radius 3 is 2.88 bits per heavy atom. The van der Waals surface area contributed by atoms with Gasteiger partial charge < -0.3 is 5.32 Å². The van der Waals surface area contributed by atoms with Crippen LogP contribution in [0.15, 0.2) is 12.3 Å². The Hall–Kier alpha value is -0.920. The molecule has 1 saturated carbocycles. The summed E-state index contributed by atoms with van der Waals surface area (Å²) in [7, 11) is -1.41. The van der Waals surface area contributed by atoms with E-state index in [9.17, 15) is 8.42 Å². The molecular weight excluding hydrogens is 240 g/mol. The molecule has 1 aliphatic rings. The fourth-order valence-corrected chi connectivity index (χ4v) is 2.41. The third-order valence-electron chi connectivity index (χ3n) is 2.78. The maximum Gasteiger partial charge on any atom is 0.213 e. The minimum atomic E-state index is -3.20. The van der Waals surface area contributed by atoms with Gasteiger partial charge in [0.1, 0.15) is 0 Å². The topological polar surface area (TPSA) is 76.0 Å². The van der Waals surface area contributed by atoms with Crippen LogP contribution in [0.5, 0.6) is 0 Å². The molecule has 0 bridgehead atoms. The van der Waals surface area contributed by atoms with Crippen molar-refractivity contribution in [1.29, 1.82) is 0 Å². The lowest BCUT2D eigenvalue weighted by molar-refractivity contribution is 0.572. The Morgan fingerprint density at radius 2 is 2.29 bits per heavy atom. The first kappa shape index (κ1) is 12.5. The number of aryl methyl sites for hydroxylation is 1.